The van der Waals surface area contributed by atoms with Gasteiger partial charge in [0, 0.05) is 17.8 Å². The predicted molar refractivity (Wildman–Crippen MR) is 75.1 cm³/mol. The SMILES string of the molecule is Cc1nc(C(O)C(CN)c2cccc(C(F)(F)F)c2)cs1. The van der Waals surface area contributed by atoms with Crippen molar-refractivity contribution < 1.29 is 18.3 Å². The molecule has 3 nitrogen and oxygen atoms in total. The van der Waals surface area contributed by atoms with E-state index >= 15 is 0 Å². The lowest BCUT2D eigenvalue weighted by Crippen LogP contribution is -2.21. The molecule has 0 saturated carbocycles. The molecule has 0 aliphatic rings. The molecule has 1 heterocycles. The van der Waals surface area contributed by atoms with Crippen LogP contribution in [-0.4, -0.2) is 16.6 Å². The molecule has 114 valence electrons. The first-order valence-corrected chi connectivity index (χ1v) is 7.18. The number of nitrogens with zero attached hydrogens (tertiary/aromatic N) is 1. The van der Waals surface area contributed by atoms with Gasteiger partial charge in [-0.15, -0.1) is 11.3 Å². The highest BCUT2D eigenvalue weighted by molar-refractivity contribution is 7.09. The molecule has 7 heteroatoms. The first-order chi connectivity index (χ1) is 9.82. The summed E-state index contributed by atoms with van der Waals surface area (Å²) in [7, 11) is 0. The molecule has 0 amide bonds. The van der Waals surface area contributed by atoms with Crippen molar-refractivity contribution >= 4 is 11.3 Å². The number of rotatable bonds is 4. The van der Waals surface area contributed by atoms with Crippen LogP contribution in [0.3, 0.4) is 0 Å². The number of aliphatic hydroxyl groups excluding tert-OH is 1. The zero-order valence-corrected chi connectivity index (χ0v) is 12.1. The third-order valence-corrected chi connectivity index (χ3v) is 4.01. The van der Waals surface area contributed by atoms with Gasteiger partial charge in [0.15, 0.2) is 0 Å². The number of benzene rings is 1. The number of aromatic nitrogens is 1. The molecule has 2 rings (SSSR count). The highest BCUT2D eigenvalue weighted by Gasteiger charge is 2.32. The third kappa shape index (κ3) is 3.61. The van der Waals surface area contributed by atoms with E-state index in [1.807, 2.05) is 0 Å². The molecule has 1 aromatic heterocycles. The number of nitrogens with two attached hydrogens (primary N) is 1. The molecule has 0 aliphatic heterocycles. The average molecular weight is 316 g/mol. The fourth-order valence-electron chi connectivity index (χ4n) is 2.12. The smallest absolute Gasteiger partial charge is 0.386 e. The summed E-state index contributed by atoms with van der Waals surface area (Å²) < 4.78 is 38.3. The largest absolute Gasteiger partial charge is 0.416 e. The molecule has 2 unspecified atom stereocenters. The number of hydrogen-bond acceptors (Lipinski definition) is 4. The first-order valence-electron chi connectivity index (χ1n) is 6.30. The summed E-state index contributed by atoms with van der Waals surface area (Å²) in [6.45, 7) is 1.82. The highest BCUT2D eigenvalue weighted by atomic mass is 32.1. The number of aliphatic hydroxyl groups is 1. The molecule has 0 spiro atoms. The molecule has 0 saturated heterocycles. The van der Waals surface area contributed by atoms with Gasteiger partial charge >= 0.3 is 6.18 Å². The van der Waals surface area contributed by atoms with E-state index in [2.05, 4.69) is 4.98 Å². The summed E-state index contributed by atoms with van der Waals surface area (Å²) in [4.78, 5) is 4.17. The van der Waals surface area contributed by atoms with Crippen LogP contribution in [-0.2, 0) is 6.18 Å². The molecule has 21 heavy (non-hydrogen) atoms. The average Bonchev–Trinajstić information content (AvgIpc) is 2.85. The summed E-state index contributed by atoms with van der Waals surface area (Å²) in [5, 5.41) is 12.8. The predicted octanol–water partition coefficient (Wildman–Crippen LogP) is 3.25. The van der Waals surface area contributed by atoms with Crippen LogP contribution in [0.25, 0.3) is 0 Å². The van der Waals surface area contributed by atoms with Crippen LogP contribution >= 0.6 is 11.3 Å². The summed E-state index contributed by atoms with van der Waals surface area (Å²) in [6, 6.07) is 4.88. The molecular weight excluding hydrogens is 301 g/mol. The molecule has 1 aromatic carbocycles. The van der Waals surface area contributed by atoms with Gasteiger partial charge in [-0.1, -0.05) is 18.2 Å². The van der Waals surface area contributed by atoms with Gasteiger partial charge in [0.2, 0.25) is 0 Å². The number of halogens is 3. The summed E-state index contributed by atoms with van der Waals surface area (Å²) in [5.74, 6) is -0.631. The van der Waals surface area contributed by atoms with Crippen LogP contribution in [0.5, 0.6) is 0 Å². The van der Waals surface area contributed by atoms with Gasteiger partial charge in [-0.25, -0.2) is 4.98 Å². The van der Waals surface area contributed by atoms with Gasteiger partial charge in [-0.05, 0) is 18.6 Å². The van der Waals surface area contributed by atoms with Gasteiger partial charge in [-0.3, -0.25) is 0 Å². The van der Waals surface area contributed by atoms with Crippen LogP contribution in [0.15, 0.2) is 29.6 Å². The molecule has 0 radical (unpaired) electrons. The van der Waals surface area contributed by atoms with E-state index < -0.39 is 23.8 Å². The van der Waals surface area contributed by atoms with Gasteiger partial charge in [0.1, 0.15) is 6.10 Å². The molecule has 0 aliphatic carbocycles. The number of alkyl halides is 3. The summed E-state index contributed by atoms with van der Waals surface area (Å²) >= 11 is 1.37. The Balaban J connectivity index is 2.33. The monoisotopic (exact) mass is 316 g/mol. The lowest BCUT2D eigenvalue weighted by atomic mass is 9.91. The normalized spacial score (nSPS) is 15.0. The Labute approximate surface area is 124 Å². The first kappa shape index (κ1) is 15.9. The zero-order valence-electron chi connectivity index (χ0n) is 11.3. The minimum Gasteiger partial charge on any atom is -0.386 e. The molecular formula is C14H15F3N2OS. The second-order valence-electron chi connectivity index (χ2n) is 4.70. The fraction of sp³-hybridized carbons (Fsp3) is 0.357. The standard InChI is InChI=1S/C14H15F3N2OS/c1-8-19-12(7-21-8)13(20)11(6-18)9-3-2-4-10(5-9)14(15,16)17/h2-5,7,11,13,20H,6,18H2,1H3. The number of thiazole rings is 1. The minimum atomic E-state index is -4.42. The molecule has 0 fully saturated rings. The zero-order chi connectivity index (χ0) is 15.6. The van der Waals surface area contributed by atoms with E-state index in [0.717, 1.165) is 17.1 Å². The Hall–Kier alpha value is -1.44. The second-order valence-corrected chi connectivity index (χ2v) is 5.76. The Kier molecular flexibility index (Phi) is 4.65. The van der Waals surface area contributed by atoms with E-state index in [1.165, 1.54) is 23.5 Å². The minimum absolute atomic E-state index is 0.0268. The van der Waals surface area contributed by atoms with Crippen LogP contribution in [0.2, 0.25) is 0 Å². The molecule has 2 atom stereocenters. The van der Waals surface area contributed by atoms with Gasteiger partial charge in [0.25, 0.3) is 0 Å². The lowest BCUT2D eigenvalue weighted by Gasteiger charge is -2.21. The molecule has 2 aromatic rings. The van der Waals surface area contributed by atoms with Crippen molar-refractivity contribution in [1.82, 2.24) is 4.98 Å². The van der Waals surface area contributed by atoms with E-state index in [0.29, 0.717) is 11.3 Å². The van der Waals surface area contributed by atoms with Gasteiger partial charge in [-0.2, -0.15) is 13.2 Å². The second kappa shape index (κ2) is 6.13. The molecule has 0 bridgehead atoms. The van der Waals surface area contributed by atoms with Crippen LogP contribution in [0, 0.1) is 6.92 Å². The fourth-order valence-corrected chi connectivity index (χ4v) is 2.76. The van der Waals surface area contributed by atoms with Crippen molar-refractivity contribution in [3.8, 4) is 0 Å². The lowest BCUT2D eigenvalue weighted by molar-refractivity contribution is -0.137. The Morgan fingerprint density at radius 1 is 1.38 bits per heavy atom. The van der Waals surface area contributed by atoms with Gasteiger partial charge < -0.3 is 10.8 Å². The summed E-state index contributed by atoms with van der Waals surface area (Å²) in [6.07, 6.45) is -5.44. The van der Waals surface area contributed by atoms with Crippen molar-refractivity contribution in [2.45, 2.75) is 25.1 Å². The van der Waals surface area contributed by atoms with Crippen molar-refractivity contribution in [2.75, 3.05) is 6.54 Å². The maximum atomic E-state index is 12.8. The van der Waals surface area contributed by atoms with E-state index in [9.17, 15) is 18.3 Å². The molecule has 3 N–H and O–H groups in total. The van der Waals surface area contributed by atoms with Crippen molar-refractivity contribution in [3.63, 3.8) is 0 Å². The van der Waals surface area contributed by atoms with E-state index in [1.54, 1.807) is 12.3 Å². The maximum Gasteiger partial charge on any atom is 0.416 e. The number of aryl methyl sites for hydroxylation is 1. The Morgan fingerprint density at radius 2 is 2.10 bits per heavy atom. The van der Waals surface area contributed by atoms with Crippen molar-refractivity contribution in [1.29, 1.82) is 0 Å². The van der Waals surface area contributed by atoms with Crippen LogP contribution < -0.4 is 5.73 Å². The number of hydrogen-bond donors (Lipinski definition) is 2. The summed E-state index contributed by atoms with van der Waals surface area (Å²) in [5.41, 5.74) is 5.68. The van der Waals surface area contributed by atoms with Crippen LogP contribution in [0.4, 0.5) is 13.2 Å². The third-order valence-electron chi connectivity index (χ3n) is 3.22. The Bertz CT molecular complexity index is 612. The van der Waals surface area contributed by atoms with Crippen molar-refractivity contribution in [3.05, 3.63) is 51.5 Å². The topological polar surface area (TPSA) is 59.1 Å². The van der Waals surface area contributed by atoms with E-state index in [4.69, 9.17) is 5.73 Å². The van der Waals surface area contributed by atoms with Crippen molar-refractivity contribution in [2.24, 2.45) is 5.73 Å². The Morgan fingerprint density at radius 3 is 2.62 bits per heavy atom. The van der Waals surface area contributed by atoms with E-state index in [-0.39, 0.29) is 6.54 Å². The highest BCUT2D eigenvalue weighted by Crippen LogP contribution is 2.35. The van der Waals surface area contributed by atoms with Gasteiger partial charge in [0.05, 0.1) is 16.3 Å². The quantitative estimate of drug-likeness (QED) is 0.910. The maximum absolute atomic E-state index is 12.8. The van der Waals surface area contributed by atoms with Crippen LogP contribution in [0.1, 0.15) is 33.9 Å².